The van der Waals surface area contributed by atoms with Gasteiger partial charge in [0.1, 0.15) is 0 Å². The third kappa shape index (κ3) is 2.31. The molecule has 7 rings (SSSR count). The second-order valence-corrected chi connectivity index (χ2v) is 10.4. The smallest absolute Gasteiger partial charge is 0.344 e. The maximum absolute atomic E-state index is 13.6. The van der Waals surface area contributed by atoms with Gasteiger partial charge in [-0.2, -0.15) is 0 Å². The van der Waals surface area contributed by atoms with Crippen LogP contribution in [0.25, 0.3) is 0 Å². The molecule has 5 aliphatic rings. The molecule has 0 heterocycles. The summed E-state index contributed by atoms with van der Waals surface area (Å²) in [6.07, 6.45) is 0. The van der Waals surface area contributed by atoms with E-state index < -0.39 is 29.9 Å². The van der Waals surface area contributed by atoms with Gasteiger partial charge in [0.05, 0.1) is 25.2 Å². The van der Waals surface area contributed by atoms with Crippen LogP contribution < -0.4 is 0 Å². The molecule has 0 saturated heterocycles. The van der Waals surface area contributed by atoms with Crippen LogP contribution in [0, 0.1) is 23.2 Å². The highest BCUT2D eigenvalue weighted by Gasteiger charge is 2.90. The van der Waals surface area contributed by atoms with E-state index >= 15 is 0 Å². The first-order chi connectivity index (χ1) is 17.4. The molecule has 3 saturated carbocycles. The van der Waals surface area contributed by atoms with Crippen molar-refractivity contribution in [1.29, 1.82) is 0 Å². The van der Waals surface area contributed by atoms with Crippen LogP contribution in [0.2, 0.25) is 0 Å². The third-order valence-corrected chi connectivity index (χ3v) is 9.56. The SMILES string of the molecule is COC(=O)COC(=O)c1ccc2c(c1)[C@@H]1[C@H]3[C@H]4[C@H]2[C@@H]2c5ccccc5[C@H]1[C@@]3(C(=O)OCC(=O)OC)[C@H]24. The fraction of sp³-hybridized carbons (Fsp3) is 0.429. The van der Waals surface area contributed by atoms with Gasteiger partial charge in [0.15, 0.2) is 13.2 Å². The molecule has 184 valence electrons. The van der Waals surface area contributed by atoms with Gasteiger partial charge in [0.25, 0.3) is 0 Å². The average molecular weight is 488 g/mol. The summed E-state index contributed by atoms with van der Waals surface area (Å²) in [5.41, 5.74) is 4.53. The summed E-state index contributed by atoms with van der Waals surface area (Å²) < 4.78 is 19.9. The number of benzene rings is 2. The minimum absolute atomic E-state index is 0.0685. The Morgan fingerprint density at radius 3 is 2.11 bits per heavy atom. The van der Waals surface area contributed by atoms with Crippen LogP contribution >= 0.6 is 0 Å². The molecular formula is C28H24O8. The highest BCUT2D eigenvalue weighted by atomic mass is 16.6. The summed E-state index contributed by atoms with van der Waals surface area (Å²) in [5.74, 6) is -0.935. The van der Waals surface area contributed by atoms with Crippen molar-refractivity contribution in [3.8, 4) is 0 Å². The minimum Gasteiger partial charge on any atom is -0.466 e. The number of esters is 4. The highest BCUT2D eigenvalue weighted by molar-refractivity contribution is 5.92. The molecule has 8 heteroatoms. The largest absolute Gasteiger partial charge is 0.466 e. The molecule has 36 heavy (non-hydrogen) atoms. The van der Waals surface area contributed by atoms with Gasteiger partial charge in [-0.15, -0.1) is 0 Å². The second-order valence-electron chi connectivity index (χ2n) is 10.4. The van der Waals surface area contributed by atoms with Crippen molar-refractivity contribution in [1.82, 2.24) is 0 Å². The summed E-state index contributed by atoms with van der Waals surface area (Å²) in [6, 6.07) is 14.0. The van der Waals surface area contributed by atoms with Crippen molar-refractivity contribution in [3.05, 3.63) is 70.3 Å². The Bertz CT molecular complexity index is 1360. The number of fused-ring (bicyclic) bond motifs is 8. The molecule has 0 spiro atoms. The maximum Gasteiger partial charge on any atom is 0.344 e. The molecule has 3 fully saturated rings. The highest BCUT2D eigenvalue weighted by Crippen LogP contribution is 2.94. The summed E-state index contributed by atoms with van der Waals surface area (Å²) in [5, 5.41) is 0. The Labute approximate surface area is 206 Å². The quantitative estimate of drug-likeness (QED) is 0.452. The maximum atomic E-state index is 13.6. The summed E-state index contributed by atoms with van der Waals surface area (Å²) in [7, 11) is 2.51. The number of hydrogen-bond acceptors (Lipinski definition) is 8. The Kier molecular flexibility index (Phi) is 4.31. The first-order valence-corrected chi connectivity index (χ1v) is 12.2. The number of carbonyl (C=O) groups is 4. The fourth-order valence-corrected chi connectivity index (χ4v) is 8.58. The molecule has 0 bridgehead atoms. The molecule has 0 aliphatic heterocycles. The van der Waals surface area contributed by atoms with Crippen molar-refractivity contribution in [2.75, 3.05) is 27.4 Å². The van der Waals surface area contributed by atoms with E-state index in [4.69, 9.17) is 9.47 Å². The van der Waals surface area contributed by atoms with E-state index in [0.717, 1.165) is 5.56 Å². The molecule has 0 amide bonds. The first kappa shape index (κ1) is 21.6. The van der Waals surface area contributed by atoms with Crippen LogP contribution in [-0.2, 0) is 33.3 Å². The lowest BCUT2D eigenvalue weighted by atomic mass is 9.14. The van der Waals surface area contributed by atoms with Gasteiger partial charge in [0, 0.05) is 5.92 Å². The van der Waals surface area contributed by atoms with Gasteiger partial charge in [-0.1, -0.05) is 30.3 Å². The summed E-state index contributed by atoms with van der Waals surface area (Å²) >= 11 is 0. The molecule has 8 atom stereocenters. The lowest BCUT2D eigenvalue weighted by Gasteiger charge is -2.87. The van der Waals surface area contributed by atoms with Crippen LogP contribution in [0.4, 0.5) is 0 Å². The summed E-state index contributed by atoms with van der Waals surface area (Å²) in [4.78, 5) is 49.4. The van der Waals surface area contributed by atoms with Crippen molar-refractivity contribution >= 4 is 23.9 Å². The number of methoxy groups -OCH3 is 2. The summed E-state index contributed by atoms with van der Waals surface area (Å²) in [6.45, 7) is -0.834. The topological polar surface area (TPSA) is 105 Å². The van der Waals surface area contributed by atoms with Gasteiger partial charge in [-0.3, -0.25) is 4.79 Å². The van der Waals surface area contributed by atoms with E-state index in [0.29, 0.717) is 11.5 Å². The molecular weight excluding hydrogens is 464 g/mol. The standard InChI is InChI=1S/C28H24O8/c1-33-17(29)10-35-26(31)12-7-8-14-16(9-12)21-23-15-6-4-3-5-13(15)20-19(14)22-24(20)28(23,25(21)22)27(32)36-11-18(30)34-2/h3-9,19-25H,10-11H2,1-2H3/t19-,20+,21+,22+,23-,24-,25+,28-/m1/s1. The van der Waals surface area contributed by atoms with Crippen molar-refractivity contribution in [2.45, 2.75) is 23.7 Å². The molecule has 0 aromatic heterocycles. The van der Waals surface area contributed by atoms with E-state index in [9.17, 15) is 19.2 Å². The van der Waals surface area contributed by atoms with Crippen molar-refractivity contribution < 1.29 is 38.1 Å². The van der Waals surface area contributed by atoms with Gasteiger partial charge in [0.2, 0.25) is 0 Å². The van der Waals surface area contributed by atoms with Gasteiger partial charge < -0.3 is 18.9 Å². The van der Waals surface area contributed by atoms with E-state index in [1.165, 1.54) is 30.9 Å². The molecule has 8 nitrogen and oxygen atoms in total. The Hall–Kier alpha value is -3.68. The van der Waals surface area contributed by atoms with Crippen LogP contribution in [0.1, 0.15) is 56.3 Å². The zero-order chi connectivity index (χ0) is 24.9. The zero-order valence-corrected chi connectivity index (χ0v) is 19.8. The Morgan fingerprint density at radius 1 is 0.750 bits per heavy atom. The van der Waals surface area contributed by atoms with E-state index in [2.05, 4.69) is 27.7 Å². The van der Waals surface area contributed by atoms with E-state index in [1.54, 1.807) is 6.07 Å². The van der Waals surface area contributed by atoms with E-state index in [1.807, 2.05) is 18.2 Å². The number of hydrogen-bond donors (Lipinski definition) is 0. The zero-order valence-electron chi connectivity index (χ0n) is 19.8. The van der Waals surface area contributed by atoms with Crippen molar-refractivity contribution in [2.24, 2.45) is 23.2 Å². The predicted molar refractivity (Wildman–Crippen MR) is 122 cm³/mol. The Balaban J connectivity index is 1.29. The number of rotatable bonds is 6. The monoisotopic (exact) mass is 488 g/mol. The first-order valence-electron chi connectivity index (χ1n) is 12.2. The van der Waals surface area contributed by atoms with Gasteiger partial charge >= 0.3 is 23.9 Å². The third-order valence-electron chi connectivity index (χ3n) is 9.56. The lowest BCUT2D eigenvalue weighted by Crippen LogP contribution is -2.84. The van der Waals surface area contributed by atoms with Crippen molar-refractivity contribution in [3.63, 3.8) is 0 Å². The molecule has 5 aliphatic carbocycles. The average Bonchev–Trinajstić information content (AvgIpc) is 2.86. The van der Waals surface area contributed by atoms with Crippen LogP contribution in [-0.4, -0.2) is 51.3 Å². The molecule has 2 aromatic carbocycles. The van der Waals surface area contributed by atoms with E-state index in [-0.39, 0.29) is 48.1 Å². The van der Waals surface area contributed by atoms with Gasteiger partial charge in [-0.25, -0.2) is 14.4 Å². The van der Waals surface area contributed by atoms with Crippen LogP contribution in [0.3, 0.4) is 0 Å². The predicted octanol–water partition coefficient (Wildman–Crippen LogP) is 2.67. The molecule has 2 aromatic rings. The number of ether oxygens (including phenoxy) is 4. The lowest BCUT2D eigenvalue weighted by molar-refractivity contribution is -0.314. The fourth-order valence-electron chi connectivity index (χ4n) is 8.58. The molecule has 0 unspecified atom stereocenters. The normalized spacial score (nSPS) is 34.3. The minimum atomic E-state index is -0.641. The van der Waals surface area contributed by atoms with Gasteiger partial charge in [-0.05, 0) is 69.9 Å². The van der Waals surface area contributed by atoms with Crippen LogP contribution in [0.5, 0.6) is 0 Å². The number of carbonyl (C=O) groups excluding carboxylic acids is 4. The molecule has 0 radical (unpaired) electrons. The Morgan fingerprint density at radius 2 is 1.39 bits per heavy atom. The second kappa shape index (κ2) is 7.18. The van der Waals surface area contributed by atoms with Crippen LogP contribution in [0.15, 0.2) is 42.5 Å². The molecule has 0 N–H and O–H groups in total.